The van der Waals surface area contributed by atoms with Crippen LogP contribution in [0.15, 0.2) is 48.5 Å². The summed E-state index contributed by atoms with van der Waals surface area (Å²) >= 11 is 0. The van der Waals surface area contributed by atoms with E-state index < -0.39 is 18.4 Å². The Bertz CT molecular complexity index is 932. The highest BCUT2D eigenvalue weighted by Gasteiger charge is 2.10. The van der Waals surface area contributed by atoms with E-state index in [2.05, 4.69) is 34.8 Å². The van der Waals surface area contributed by atoms with Gasteiger partial charge in [0.25, 0.3) is 5.91 Å². The molecule has 3 rings (SSSR count). The number of hydrogen-bond donors (Lipinski definition) is 3. The van der Waals surface area contributed by atoms with E-state index in [9.17, 15) is 9.59 Å². The predicted octanol–water partition coefficient (Wildman–Crippen LogP) is 2.48. The average molecular weight is 352 g/mol. The highest BCUT2D eigenvalue weighted by molar-refractivity contribution is 5.96. The van der Waals surface area contributed by atoms with Crippen molar-refractivity contribution in [2.24, 2.45) is 0 Å². The van der Waals surface area contributed by atoms with E-state index in [1.807, 2.05) is 16.8 Å². The zero-order valence-electron chi connectivity index (χ0n) is 14.4. The van der Waals surface area contributed by atoms with Crippen LogP contribution in [0.2, 0.25) is 0 Å². The minimum Gasteiger partial charge on any atom is -0.480 e. The first kappa shape index (κ1) is 17.5. The molecular formula is C19H20N4O3. The minimum atomic E-state index is -1.07. The number of amides is 1. The standard InChI is InChI=1S/C19H20N4O3/c1-2-23-17-6-4-3-5-15(17)16(22-23)11-20-14-9-7-13(8-10-14)19(26)21-12-18(24)25/h3-10,20H,2,11-12H2,1H3,(H,21,26)(H,24,25). The SMILES string of the molecule is CCn1nc(CNc2ccc(C(=O)NCC(=O)O)cc2)c2ccccc21. The fourth-order valence-corrected chi connectivity index (χ4v) is 2.75. The van der Waals surface area contributed by atoms with Gasteiger partial charge < -0.3 is 15.7 Å². The van der Waals surface area contributed by atoms with E-state index in [0.717, 1.165) is 28.8 Å². The quantitative estimate of drug-likeness (QED) is 0.607. The van der Waals surface area contributed by atoms with Crippen LogP contribution in [0.3, 0.4) is 0 Å². The summed E-state index contributed by atoms with van der Waals surface area (Å²) in [5.41, 5.74) is 3.34. The number of para-hydroxylation sites is 1. The Kier molecular flexibility index (Phi) is 5.17. The van der Waals surface area contributed by atoms with Gasteiger partial charge in [-0.3, -0.25) is 14.3 Å². The summed E-state index contributed by atoms with van der Waals surface area (Å²) in [5.74, 6) is -1.48. The van der Waals surface area contributed by atoms with Crippen molar-refractivity contribution in [2.75, 3.05) is 11.9 Å². The van der Waals surface area contributed by atoms with Gasteiger partial charge in [0.1, 0.15) is 6.54 Å². The Morgan fingerprint density at radius 3 is 2.54 bits per heavy atom. The van der Waals surface area contributed by atoms with Gasteiger partial charge in [0.15, 0.2) is 0 Å². The van der Waals surface area contributed by atoms with Crippen molar-refractivity contribution in [2.45, 2.75) is 20.0 Å². The smallest absolute Gasteiger partial charge is 0.322 e. The molecule has 0 aliphatic rings. The number of nitrogens with zero attached hydrogens (tertiary/aromatic N) is 2. The molecule has 0 saturated heterocycles. The van der Waals surface area contributed by atoms with Gasteiger partial charge in [-0.05, 0) is 37.3 Å². The van der Waals surface area contributed by atoms with E-state index in [-0.39, 0.29) is 0 Å². The maximum Gasteiger partial charge on any atom is 0.322 e. The summed E-state index contributed by atoms with van der Waals surface area (Å²) in [5, 5.41) is 20.0. The number of carboxylic acids is 1. The van der Waals surface area contributed by atoms with Crippen LogP contribution in [0, 0.1) is 0 Å². The van der Waals surface area contributed by atoms with Crippen LogP contribution >= 0.6 is 0 Å². The molecule has 7 nitrogen and oxygen atoms in total. The molecule has 0 aliphatic carbocycles. The summed E-state index contributed by atoms with van der Waals surface area (Å²) in [4.78, 5) is 22.3. The largest absolute Gasteiger partial charge is 0.480 e. The molecule has 0 aliphatic heterocycles. The van der Waals surface area contributed by atoms with Crippen LogP contribution in [0.25, 0.3) is 10.9 Å². The Hall–Kier alpha value is -3.35. The molecule has 0 fully saturated rings. The van der Waals surface area contributed by atoms with Gasteiger partial charge >= 0.3 is 5.97 Å². The van der Waals surface area contributed by atoms with Crippen LogP contribution in [0.4, 0.5) is 5.69 Å². The second-order valence-corrected chi connectivity index (χ2v) is 5.79. The Balaban J connectivity index is 1.67. The number of benzene rings is 2. The molecule has 0 saturated carbocycles. The maximum absolute atomic E-state index is 11.8. The minimum absolute atomic E-state index is 0.397. The van der Waals surface area contributed by atoms with Crippen LogP contribution < -0.4 is 10.6 Å². The molecular weight excluding hydrogens is 332 g/mol. The zero-order chi connectivity index (χ0) is 18.5. The molecule has 7 heteroatoms. The Morgan fingerprint density at radius 2 is 1.85 bits per heavy atom. The molecule has 0 spiro atoms. The summed E-state index contributed by atoms with van der Waals surface area (Å²) in [6.07, 6.45) is 0. The summed E-state index contributed by atoms with van der Waals surface area (Å²) in [6.45, 7) is 3.04. The first-order valence-electron chi connectivity index (χ1n) is 8.37. The maximum atomic E-state index is 11.8. The van der Waals surface area contributed by atoms with E-state index in [1.54, 1.807) is 24.3 Å². The fourth-order valence-electron chi connectivity index (χ4n) is 2.75. The van der Waals surface area contributed by atoms with Crippen LogP contribution in [0.1, 0.15) is 23.0 Å². The van der Waals surface area contributed by atoms with Gasteiger partial charge in [0.05, 0.1) is 17.8 Å². The molecule has 1 heterocycles. The van der Waals surface area contributed by atoms with E-state index in [0.29, 0.717) is 12.1 Å². The van der Waals surface area contributed by atoms with E-state index in [1.165, 1.54) is 0 Å². The molecule has 26 heavy (non-hydrogen) atoms. The van der Waals surface area contributed by atoms with Crippen molar-refractivity contribution in [1.29, 1.82) is 0 Å². The number of aryl methyl sites for hydroxylation is 1. The average Bonchev–Trinajstić information content (AvgIpc) is 3.03. The molecule has 2 aromatic carbocycles. The number of anilines is 1. The van der Waals surface area contributed by atoms with Crippen molar-refractivity contribution in [3.63, 3.8) is 0 Å². The lowest BCUT2D eigenvalue weighted by molar-refractivity contribution is -0.135. The van der Waals surface area contributed by atoms with Gasteiger partial charge in [-0.2, -0.15) is 5.10 Å². The molecule has 0 atom stereocenters. The molecule has 3 aromatic rings. The molecule has 1 aromatic heterocycles. The first-order valence-corrected chi connectivity index (χ1v) is 8.37. The normalized spacial score (nSPS) is 10.7. The third kappa shape index (κ3) is 3.83. The Morgan fingerprint density at radius 1 is 1.12 bits per heavy atom. The van der Waals surface area contributed by atoms with Gasteiger partial charge in [-0.25, -0.2) is 0 Å². The van der Waals surface area contributed by atoms with Crippen molar-refractivity contribution >= 4 is 28.5 Å². The third-order valence-electron chi connectivity index (χ3n) is 4.04. The predicted molar refractivity (Wildman–Crippen MR) is 99.1 cm³/mol. The number of carbonyl (C=O) groups excluding carboxylic acids is 1. The lowest BCUT2D eigenvalue weighted by atomic mass is 10.2. The lowest BCUT2D eigenvalue weighted by Gasteiger charge is -2.07. The lowest BCUT2D eigenvalue weighted by Crippen LogP contribution is -2.29. The van der Waals surface area contributed by atoms with Crippen LogP contribution in [0.5, 0.6) is 0 Å². The number of fused-ring (bicyclic) bond motifs is 1. The first-order chi connectivity index (χ1) is 12.6. The molecule has 0 unspecified atom stereocenters. The fraction of sp³-hybridized carbons (Fsp3) is 0.211. The number of hydrogen-bond acceptors (Lipinski definition) is 4. The second kappa shape index (κ2) is 7.69. The second-order valence-electron chi connectivity index (χ2n) is 5.79. The van der Waals surface area contributed by atoms with Gasteiger partial charge in [-0.15, -0.1) is 0 Å². The molecule has 134 valence electrons. The number of aromatic nitrogens is 2. The van der Waals surface area contributed by atoms with Crippen molar-refractivity contribution in [1.82, 2.24) is 15.1 Å². The summed E-state index contributed by atoms with van der Waals surface area (Å²) in [6, 6.07) is 15.0. The number of carboxylic acid groups (broad SMARTS) is 1. The monoisotopic (exact) mass is 352 g/mol. The van der Waals surface area contributed by atoms with Gasteiger partial charge in [0, 0.05) is 23.2 Å². The third-order valence-corrected chi connectivity index (χ3v) is 4.04. The van der Waals surface area contributed by atoms with E-state index >= 15 is 0 Å². The summed E-state index contributed by atoms with van der Waals surface area (Å²) < 4.78 is 1.97. The van der Waals surface area contributed by atoms with Crippen LogP contribution in [-0.4, -0.2) is 33.3 Å². The number of aliphatic carboxylic acids is 1. The molecule has 3 N–H and O–H groups in total. The molecule has 1 amide bonds. The number of nitrogens with one attached hydrogen (secondary N) is 2. The topological polar surface area (TPSA) is 96.3 Å². The number of carbonyl (C=O) groups is 2. The van der Waals surface area contributed by atoms with Gasteiger partial charge in [-0.1, -0.05) is 18.2 Å². The highest BCUT2D eigenvalue weighted by Crippen LogP contribution is 2.20. The van der Waals surface area contributed by atoms with Gasteiger partial charge in [0.2, 0.25) is 0 Å². The summed E-state index contributed by atoms with van der Waals surface area (Å²) in [7, 11) is 0. The Labute approximate surface area is 150 Å². The number of rotatable bonds is 7. The highest BCUT2D eigenvalue weighted by atomic mass is 16.4. The van der Waals surface area contributed by atoms with E-state index in [4.69, 9.17) is 5.11 Å². The van der Waals surface area contributed by atoms with Crippen molar-refractivity contribution in [3.05, 3.63) is 59.8 Å². The van der Waals surface area contributed by atoms with Crippen molar-refractivity contribution in [3.8, 4) is 0 Å². The van der Waals surface area contributed by atoms with Crippen LogP contribution in [-0.2, 0) is 17.9 Å². The zero-order valence-corrected chi connectivity index (χ0v) is 14.4. The van der Waals surface area contributed by atoms with Crippen molar-refractivity contribution < 1.29 is 14.7 Å². The molecule has 0 bridgehead atoms. The molecule has 0 radical (unpaired) electrons.